The van der Waals surface area contributed by atoms with Gasteiger partial charge in [0.2, 0.25) is 0 Å². The molecule has 2 rings (SSSR count). The lowest BCUT2D eigenvalue weighted by atomic mass is 9.65. The van der Waals surface area contributed by atoms with Crippen LogP contribution < -0.4 is 0 Å². The zero-order chi connectivity index (χ0) is 8.93. The molecule has 0 amide bonds. The van der Waals surface area contributed by atoms with Gasteiger partial charge in [-0.1, -0.05) is 12.1 Å². The summed E-state index contributed by atoms with van der Waals surface area (Å²) in [5, 5.41) is 0. The summed E-state index contributed by atoms with van der Waals surface area (Å²) in [5.41, 5.74) is 0.496. The third-order valence-corrected chi connectivity index (χ3v) is 2.45. The molecule has 1 nitrogen and oxygen atoms in total. The molecule has 0 saturated heterocycles. The van der Waals surface area contributed by atoms with Crippen molar-refractivity contribution in [2.45, 2.75) is 19.3 Å². The second kappa shape index (κ2) is 1.94. The summed E-state index contributed by atoms with van der Waals surface area (Å²) in [6.45, 7) is 3.50. The highest BCUT2D eigenvalue weighted by molar-refractivity contribution is 6.13. The molecule has 0 heterocycles. The summed E-state index contributed by atoms with van der Waals surface area (Å²) in [5.74, 6) is -0.228. The number of hydrogen-bond acceptors (Lipinski definition) is 1. The number of Topliss-reactive ketones (excluding diaryl/α,β-unsaturated/α-hetero) is 1. The Bertz CT molecular complexity index is 366. The molecule has 0 bridgehead atoms. The van der Waals surface area contributed by atoms with Gasteiger partial charge < -0.3 is 0 Å². The average molecular weight is 164 g/mol. The van der Waals surface area contributed by atoms with Crippen LogP contribution in [0, 0.1) is 5.82 Å². The number of carbonyl (C=O) groups is 1. The molecule has 0 N–H and O–H groups in total. The summed E-state index contributed by atoms with van der Waals surface area (Å²) >= 11 is 0. The fraction of sp³-hybridized carbons (Fsp3) is 0.300. The van der Waals surface area contributed by atoms with Gasteiger partial charge in [-0.3, -0.25) is 4.79 Å². The van der Waals surface area contributed by atoms with E-state index in [1.807, 2.05) is 0 Å². The zero-order valence-electron chi connectivity index (χ0n) is 7.02. The van der Waals surface area contributed by atoms with Crippen LogP contribution in [0.4, 0.5) is 4.39 Å². The summed E-state index contributed by atoms with van der Waals surface area (Å²) in [4.78, 5) is 11.4. The van der Waals surface area contributed by atoms with E-state index < -0.39 is 5.41 Å². The number of ketones is 1. The van der Waals surface area contributed by atoms with E-state index in [0.29, 0.717) is 11.1 Å². The predicted molar refractivity (Wildman–Crippen MR) is 43.8 cm³/mol. The van der Waals surface area contributed by atoms with Crippen LogP contribution in [0.2, 0.25) is 0 Å². The van der Waals surface area contributed by atoms with Crippen molar-refractivity contribution in [2.24, 2.45) is 0 Å². The Morgan fingerprint density at radius 1 is 1.33 bits per heavy atom. The van der Waals surface area contributed by atoms with Crippen molar-refractivity contribution < 1.29 is 9.18 Å². The first-order chi connectivity index (χ1) is 5.55. The van der Waals surface area contributed by atoms with Gasteiger partial charge in [0.15, 0.2) is 5.78 Å². The molecule has 2 heteroatoms. The van der Waals surface area contributed by atoms with Crippen molar-refractivity contribution in [1.82, 2.24) is 0 Å². The highest BCUT2D eigenvalue weighted by Crippen LogP contribution is 2.41. The van der Waals surface area contributed by atoms with Gasteiger partial charge in [0, 0.05) is 11.1 Å². The molecule has 62 valence electrons. The highest BCUT2D eigenvalue weighted by Gasteiger charge is 2.45. The first-order valence-electron chi connectivity index (χ1n) is 3.89. The maximum absolute atomic E-state index is 13.1. The van der Waals surface area contributed by atoms with Gasteiger partial charge in [-0.05, 0) is 19.9 Å². The van der Waals surface area contributed by atoms with Crippen LogP contribution in [-0.2, 0) is 5.41 Å². The lowest BCUT2D eigenvalue weighted by molar-refractivity contribution is 0.0859. The Labute approximate surface area is 70.2 Å². The molecule has 1 aromatic carbocycles. The van der Waals surface area contributed by atoms with Crippen molar-refractivity contribution in [3.63, 3.8) is 0 Å². The normalized spacial score (nSPS) is 18.4. The van der Waals surface area contributed by atoms with Crippen molar-refractivity contribution >= 4 is 5.78 Å². The molecule has 1 aliphatic carbocycles. The summed E-state index contributed by atoms with van der Waals surface area (Å²) in [6.07, 6.45) is 0. The maximum Gasteiger partial charge on any atom is 0.173 e. The monoisotopic (exact) mass is 164 g/mol. The molecule has 0 spiro atoms. The molecule has 0 radical (unpaired) electrons. The summed E-state index contributed by atoms with van der Waals surface area (Å²) < 4.78 is 13.1. The van der Waals surface area contributed by atoms with Crippen LogP contribution in [0.25, 0.3) is 0 Å². The molecule has 0 aromatic heterocycles. The van der Waals surface area contributed by atoms with Gasteiger partial charge in [0.25, 0.3) is 0 Å². The fourth-order valence-electron chi connectivity index (χ4n) is 1.74. The van der Waals surface area contributed by atoms with E-state index in [2.05, 4.69) is 0 Å². The lowest BCUT2D eigenvalue weighted by Gasteiger charge is -2.35. The molecular weight excluding hydrogens is 155 g/mol. The SMILES string of the molecule is CC1(C)C(=O)c2cccc(F)c21. The largest absolute Gasteiger partial charge is 0.293 e. The van der Waals surface area contributed by atoms with Gasteiger partial charge in [-0.15, -0.1) is 0 Å². The van der Waals surface area contributed by atoms with E-state index in [0.717, 1.165) is 0 Å². The summed E-state index contributed by atoms with van der Waals surface area (Å²) in [7, 11) is 0. The van der Waals surface area contributed by atoms with Crippen molar-refractivity contribution in [3.8, 4) is 0 Å². The van der Waals surface area contributed by atoms with Gasteiger partial charge in [0.1, 0.15) is 5.82 Å². The van der Waals surface area contributed by atoms with Gasteiger partial charge in [0.05, 0.1) is 5.41 Å². The minimum absolute atomic E-state index is 0.0389. The van der Waals surface area contributed by atoms with Crippen LogP contribution in [0.1, 0.15) is 29.8 Å². The third-order valence-electron chi connectivity index (χ3n) is 2.45. The number of fused-ring (bicyclic) bond motifs is 1. The molecule has 1 aliphatic rings. The standard InChI is InChI=1S/C10H9FO/c1-10(2)8-6(9(10)12)4-3-5-7(8)11/h3-5H,1-2H3. The van der Waals surface area contributed by atoms with Gasteiger partial charge in [-0.2, -0.15) is 0 Å². The van der Waals surface area contributed by atoms with E-state index in [4.69, 9.17) is 0 Å². The van der Waals surface area contributed by atoms with Crippen LogP contribution in [-0.4, -0.2) is 5.78 Å². The minimum Gasteiger partial charge on any atom is -0.293 e. The highest BCUT2D eigenvalue weighted by atomic mass is 19.1. The summed E-state index contributed by atoms with van der Waals surface area (Å²) in [6, 6.07) is 4.64. The smallest absolute Gasteiger partial charge is 0.173 e. The maximum atomic E-state index is 13.1. The number of benzene rings is 1. The van der Waals surface area contributed by atoms with E-state index in [1.165, 1.54) is 6.07 Å². The van der Waals surface area contributed by atoms with E-state index in [1.54, 1.807) is 26.0 Å². The molecule has 0 fully saturated rings. The van der Waals surface area contributed by atoms with Gasteiger partial charge in [-0.25, -0.2) is 4.39 Å². The topological polar surface area (TPSA) is 17.1 Å². The quantitative estimate of drug-likeness (QED) is 0.575. The molecule has 12 heavy (non-hydrogen) atoms. The van der Waals surface area contributed by atoms with Crippen molar-refractivity contribution in [3.05, 3.63) is 35.1 Å². The molecule has 0 saturated carbocycles. The van der Waals surface area contributed by atoms with Crippen LogP contribution in [0.3, 0.4) is 0 Å². The molecule has 0 atom stereocenters. The van der Waals surface area contributed by atoms with Crippen molar-refractivity contribution in [1.29, 1.82) is 0 Å². The molecule has 0 aliphatic heterocycles. The zero-order valence-corrected chi connectivity index (χ0v) is 7.02. The van der Waals surface area contributed by atoms with Crippen LogP contribution >= 0.6 is 0 Å². The van der Waals surface area contributed by atoms with Crippen molar-refractivity contribution in [2.75, 3.05) is 0 Å². The van der Waals surface area contributed by atoms with E-state index in [-0.39, 0.29) is 11.6 Å². The molecular formula is C10H9FO. The first-order valence-corrected chi connectivity index (χ1v) is 3.89. The average Bonchev–Trinajstić information content (AvgIpc) is 2.03. The number of hydrogen-bond donors (Lipinski definition) is 0. The van der Waals surface area contributed by atoms with E-state index in [9.17, 15) is 9.18 Å². The first kappa shape index (κ1) is 7.47. The Balaban J connectivity index is 2.71. The van der Waals surface area contributed by atoms with E-state index >= 15 is 0 Å². The van der Waals surface area contributed by atoms with Crippen LogP contribution in [0.15, 0.2) is 18.2 Å². The third kappa shape index (κ3) is 0.649. The molecule has 0 unspecified atom stereocenters. The van der Waals surface area contributed by atoms with Crippen LogP contribution in [0.5, 0.6) is 0 Å². The Morgan fingerprint density at radius 3 is 2.58 bits per heavy atom. The second-order valence-electron chi connectivity index (χ2n) is 3.62. The number of rotatable bonds is 0. The lowest BCUT2D eigenvalue weighted by Crippen LogP contribution is -2.41. The Morgan fingerprint density at radius 2 is 2.00 bits per heavy atom. The minimum atomic E-state index is -0.610. The fourth-order valence-corrected chi connectivity index (χ4v) is 1.74. The number of halogens is 1. The second-order valence-corrected chi connectivity index (χ2v) is 3.62. The Hall–Kier alpha value is -1.18. The predicted octanol–water partition coefficient (Wildman–Crippen LogP) is 2.30. The Kier molecular flexibility index (Phi) is 1.21. The molecule has 1 aromatic rings. The number of carbonyl (C=O) groups excluding carboxylic acids is 1. The van der Waals surface area contributed by atoms with Gasteiger partial charge >= 0.3 is 0 Å².